The highest BCUT2D eigenvalue weighted by Gasteiger charge is 2.36. The number of imidazole rings is 1. The second-order valence-electron chi connectivity index (χ2n) is 7.64. The molecule has 0 N–H and O–H groups in total. The lowest BCUT2D eigenvalue weighted by molar-refractivity contribution is -0.147. The van der Waals surface area contributed by atoms with E-state index in [1.54, 1.807) is 24.7 Å². The Hall–Kier alpha value is -2.35. The van der Waals surface area contributed by atoms with Gasteiger partial charge in [-0.05, 0) is 36.6 Å². The number of rotatable bonds is 2. The molecule has 3 aromatic rings. The molecule has 5 rings (SSSR count). The third-order valence-corrected chi connectivity index (χ3v) is 6.46. The van der Waals surface area contributed by atoms with Crippen LogP contribution in [0.4, 0.5) is 5.82 Å². The molecule has 1 saturated heterocycles. The summed E-state index contributed by atoms with van der Waals surface area (Å²) in [6, 6.07) is 3.55. The molecule has 2 aliphatic heterocycles. The lowest BCUT2D eigenvalue weighted by Crippen LogP contribution is -2.53. The minimum atomic E-state index is -0.549. The molecule has 7 nitrogen and oxygen atoms in total. The first kappa shape index (κ1) is 19.6. The van der Waals surface area contributed by atoms with Gasteiger partial charge >= 0.3 is 0 Å². The summed E-state index contributed by atoms with van der Waals surface area (Å²) in [7, 11) is 0. The highest BCUT2D eigenvalue weighted by Crippen LogP contribution is 2.37. The highest BCUT2D eigenvalue weighted by molar-refractivity contribution is 6.35. The van der Waals surface area contributed by atoms with Crippen LogP contribution in [-0.2, 0) is 16.0 Å². The van der Waals surface area contributed by atoms with Crippen LogP contribution in [0, 0.1) is 0 Å². The number of nitrogens with zero attached hydrogens (tertiary/aromatic N) is 5. The SMILES string of the molecule is C[C@H]1c2c(Cl)cc(Cl)cc2CCN1C(=O)[C@H]1CN(c2cncc3nccn23)CCO1. The van der Waals surface area contributed by atoms with Gasteiger partial charge in [-0.25, -0.2) is 4.98 Å². The number of fused-ring (bicyclic) bond motifs is 2. The average molecular weight is 446 g/mol. The van der Waals surface area contributed by atoms with Crippen LogP contribution in [0.25, 0.3) is 5.65 Å². The van der Waals surface area contributed by atoms with Gasteiger partial charge < -0.3 is 14.5 Å². The summed E-state index contributed by atoms with van der Waals surface area (Å²) in [5.41, 5.74) is 2.85. The Kier molecular flexibility index (Phi) is 5.05. The molecule has 2 aliphatic rings. The van der Waals surface area contributed by atoms with E-state index < -0.39 is 6.10 Å². The lowest BCUT2D eigenvalue weighted by Gasteiger charge is -2.40. The van der Waals surface area contributed by atoms with E-state index in [1.807, 2.05) is 28.5 Å². The van der Waals surface area contributed by atoms with Gasteiger partial charge in [-0.2, -0.15) is 0 Å². The Morgan fingerprint density at radius 3 is 2.97 bits per heavy atom. The van der Waals surface area contributed by atoms with Gasteiger partial charge in [-0.15, -0.1) is 0 Å². The van der Waals surface area contributed by atoms with Crippen LogP contribution in [-0.4, -0.2) is 57.5 Å². The maximum atomic E-state index is 13.4. The molecular weight excluding hydrogens is 425 g/mol. The van der Waals surface area contributed by atoms with Crippen molar-refractivity contribution in [2.75, 3.05) is 31.1 Å². The van der Waals surface area contributed by atoms with Gasteiger partial charge in [0.05, 0.1) is 31.6 Å². The van der Waals surface area contributed by atoms with Crippen LogP contribution in [0.15, 0.2) is 36.9 Å². The molecule has 30 heavy (non-hydrogen) atoms. The number of carbonyl (C=O) groups is 1. The number of benzene rings is 1. The van der Waals surface area contributed by atoms with Crippen LogP contribution >= 0.6 is 23.2 Å². The van der Waals surface area contributed by atoms with Crippen LogP contribution in [0.5, 0.6) is 0 Å². The van der Waals surface area contributed by atoms with Gasteiger partial charge in [0, 0.05) is 35.5 Å². The fourth-order valence-corrected chi connectivity index (χ4v) is 5.16. The normalized spacial score (nSPS) is 21.7. The largest absolute Gasteiger partial charge is 0.365 e. The summed E-state index contributed by atoms with van der Waals surface area (Å²) in [5, 5.41) is 1.23. The lowest BCUT2D eigenvalue weighted by atomic mass is 9.93. The summed E-state index contributed by atoms with van der Waals surface area (Å²) >= 11 is 12.6. The standard InChI is InChI=1S/C21H21Cl2N5O2/c1-13-20-14(8-15(22)9-16(20)23)2-4-27(13)21(29)17-12-26(6-7-30-17)19-11-24-10-18-25-3-5-28(18)19/h3,5,8-11,13,17H,2,4,6-7,12H2,1H3/t13-,17+/m0/s1. The van der Waals surface area contributed by atoms with E-state index in [4.69, 9.17) is 27.9 Å². The Labute approximate surface area is 184 Å². The molecule has 4 heterocycles. The second-order valence-corrected chi connectivity index (χ2v) is 8.49. The molecular formula is C21H21Cl2N5O2. The van der Waals surface area contributed by atoms with Gasteiger partial charge in [-0.1, -0.05) is 23.2 Å². The predicted molar refractivity (Wildman–Crippen MR) is 115 cm³/mol. The minimum absolute atomic E-state index is 0.0189. The third-order valence-electron chi connectivity index (χ3n) is 5.93. The Balaban J connectivity index is 1.38. The molecule has 0 unspecified atom stereocenters. The Morgan fingerprint density at radius 2 is 2.10 bits per heavy atom. The maximum absolute atomic E-state index is 13.4. The van der Waals surface area contributed by atoms with Crippen molar-refractivity contribution < 1.29 is 9.53 Å². The van der Waals surface area contributed by atoms with Gasteiger partial charge in [0.2, 0.25) is 0 Å². The van der Waals surface area contributed by atoms with Crippen LogP contribution in [0.3, 0.4) is 0 Å². The van der Waals surface area contributed by atoms with E-state index in [9.17, 15) is 4.79 Å². The molecule has 9 heteroatoms. The summed E-state index contributed by atoms with van der Waals surface area (Å²) in [4.78, 5) is 26.0. The summed E-state index contributed by atoms with van der Waals surface area (Å²) in [6.07, 6.45) is 7.33. The zero-order chi connectivity index (χ0) is 20.8. The molecule has 0 spiro atoms. The first-order valence-corrected chi connectivity index (χ1v) is 10.7. The van der Waals surface area contributed by atoms with Gasteiger partial charge in [0.15, 0.2) is 11.8 Å². The van der Waals surface area contributed by atoms with Crippen molar-refractivity contribution in [1.29, 1.82) is 0 Å². The first-order valence-electron chi connectivity index (χ1n) is 9.95. The molecule has 156 valence electrons. The summed E-state index contributed by atoms with van der Waals surface area (Å²) in [5.74, 6) is 0.885. The van der Waals surface area contributed by atoms with Gasteiger partial charge in [0.25, 0.3) is 5.91 Å². The third kappa shape index (κ3) is 3.31. The zero-order valence-corrected chi connectivity index (χ0v) is 18.0. The minimum Gasteiger partial charge on any atom is -0.365 e. The molecule has 2 atom stereocenters. The van der Waals surface area contributed by atoms with E-state index in [1.165, 1.54) is 0 Å². The molecule has 2 aromatic heterocycles. The van der Waals surface area contributed by atoms with Crippen molar-refractivity contribution in [3.05, 3.63) is 58.1 Å². The zero-order valence-electron chi connectivity index (χ0n) is 16.5. The van der Waals surface area contributed by atoms with E-state index in [2.05, 4.69) is 14.9 Å². The van der Waals surface area contributed by atoms with Crippen molar-refractivity contribution in [1.82, 2.24) is 19.3 Å². The Bertz CT molecular complexity index is 1120. The number of ether oxygens (including phenoxy) is 1. The van der Waals surface area contributed by atoms with Crippen molar-refractivity contribution in [2.45, 2.75) is 25.5 Å². The molecule has 0 aliphatic carbocycles. The average Bonchev–Trinajstić information content (AvgIpc) is 3.22. The number of amides is 1. The second kappa shape index (κ2) is 7.72. The van der Waals surface area contributed by atoms with Gasteiger partial charge in [0.1, 0.15) is 5.82 Å². The fraction of sp³-hybridized carbons (Fsp3) is 0.381. The number of morpholine rings is 1. The highest BCUT2D eigenvalue weighted by atomic mass is 35.5. The molecule has 0 radical (unpaired) electrons. The number of hydrogen-bond donors (Lipinski definition) is 0. The number of hydrogen-bond acceptors (Lipinski definition) is 5. The quantitative estimate of drug-likeness (QED) is 0.604. The number of anilines is 1. The topological polar surface area (TPSA) is 63.0 Å². The monoisotopic (exact) mass is 445 g/mol. The summed E-state index contributed by atoms with van der Waals surface area (Å²) < 4.78 is 7.87. The molecule has 0 bridgehead atoms. The predicted octanol–water partition coefficient (Wildman–Crippen LogP) is 3.39. The fourth-order valence-electron chi connectivity index (χ4n) is 4.47. The molecule has 1 fully saturated rings. The molecule has 1 aromatic carbocycles. The van der Waals surface area contributed by atoms with Crippen LogP contribution in [0.1, 0.15) is 24.1 Å². The van der Waals surface area contributed by atoms with Crippen molar-refractivity contribution in [2.24, 2.45) is 0 Å². The molecule has 1 amide bonds. The van der Waals surface area contributed by atoms with E-state index >= 15 is 0 Å². The van der Waals surface area contributed by atoms with E-state index in [-0.39, 0.29) is 11.9 Å². The van der Waals surface area contributed by atoms with E-state index in [0.717, 1.165) is 29.0 Å². The first-order chi connectivity index (χ1) is 14.5. The van der Waals surface area contributed by atoms with Crippen molar-refractivity contribution in [3.8, 4) is 0 Å². The van der Waals surface area contributed by atoms with Gasteiger partial charge in [-0.3, -0.25) is 14.2 Å². The van der Waals surface area contributed by atoms with E-state index in [0.29, 0.717) is 36.3 Å². The summed E-state index contributed by atoms with van der Waals surface area (Å²) in [6.45, 7) is 4.24. The number of halogens is 2. The van der Waals surface area contributed by atoms with Crippen LogP contribution < -0.4 is 4.90 Å². The maximum Gasteiger partial charge on any atom is 0.254 e. The smallest absolute Gasteiger partial charge is 0.254 e. The number of aromatic nitrogens is 3. The Morgan fingerprint density at radius 1 is 1.23 bits per heavy atom. The number of carbonyl (C=O) groups excluding carboxylic acids is 1. The van der Waals surface area contributed by atoms with Crippen LogP contribution in [0.2, 0.25) is 10.0 Å². The van der Waals surface area contributed by atoms with Crippen molar-refractivity contribution in [3.63, 3.8) is 0 Å². The molecule has 0 saturated carbocycles. The van der Waals surface area contributed by atoms with Crippen molar-refractivity contribution >= 4 is 40.6 Å².